The molecule has 2 rings (SSSR count). The molecule has 19 heavy (non-hydrogen) atoms. The van der Waals surface area contributed by atoms with Gasteiger partial charge in [-0.2, -0.15) is 0 Å². The third-order valence-corrected chi connectivity index (χ3v) is 3.60. The van der Waals surface area contributed by atoms with Gasteiger partial charge in [0.2, 0.25) is 17.7 Å². The quantitative estimate of drug-likeness (QED) is 0.584. The Morgan fingerprint density at radius 3 is 2.42 bits per heavy atom. The molecule has 0 aromatic carbocycles. The second kappa shape index (κ2) is 5.82. The third-order valence-electron chi connectivity index (χ3n) is 3.60. The van der Waals surface area contributed by atoms with E-state index in [1.54, 1.807) is 6.08 Å². The molecule has 5 heteroatoms. The number of carbonyl (C=O) groups is 3. The summed E-state index contributed by atoms with van der Waals surface area (Å²) in [5.41, 5.74) is 0. The number of allylic oxidation sites excluding steroid dienone is 2. The minimum Gasteiger partial charge on any atom is -0.353 e. The van der Waals surface area contributed by atoms with Gasteiger partial charge in [-0.3, -0.25) is 19.3 Å². The number of carbonyl (C=O) groups excluding carboxylic acids is 3. The van der Waals surface area contributed by atoms with E-state index in [1.807, 2.05) is 12.2 Å². The number of hydrogen-bond donors (Lipinski definition) is 1. The maximum atomic E-state index is 12.1. The predicted octanol–water partition coefficient (Wildman–Crippen LogP) is 0.630. The molecule has 1 N–H and O–H groups in total. The third kappa shape index (κ3) is 2.75. The van der Waals surface area contributed by atoms with Crippen molar-refractivity contribution in [2.45, 2.75) is 19.3 Å². The molecule has 0 saturated carbocycles. The number of imide groups is 1. The first-order valence-corrected chi connectivity index (χ1v) is 6.53. The van der Waals surface area contributed by atoms with Crippen LogP contribution in [0.3, 0.4) is 0 Å². The Balaban J connectivity index is 1.91. The largest absolute Gasteiger partial charge is 0.353 e. The summed E-state index contributed by atoms with van der Waals surface area (Å²) in [7, 11) is 0. The smallest absolute Gasteiger partial charge is 0.233 e. The molecule has 1 aliphatic heterocycles. The summed E-state index contributed by atoms with van der Waals surface area (Å²) >= 11 is 0. The van der Waals surface area contributed by atoms with Crippen molar-refractivity contribution in [2.75, 3.05) is 13.1 Å². The molecule has 0 spiro atoms. The van der Waals surface area contributed by atoms with Crippen molar-refractivity contribution in [1.82, 2.24) is 10.2 Å². The highest BCUT2D eigenvalue weighted by Crippen LogP contribution is 2.34. The lowest BCUT2D eigenvalue weighted by atomic mass is 9.85. The van der Waals surface area contributed by atoms with E-state index in [0.717, 1.165) is 0 Å². The summed E-state index contributed by atoms with van der Waals surface area (Å²) in [6, 6.07) is 0. The van der Waals surface area contributed by atoms with Gasteiger partial charge in [0.25, 0.3) is 0 Å². The number of amides is 3. The Bertz CT molecular complexity index is 416. The van der Waals surface area contributed by atoms with Crippen LogP contribution in [-0.4, -0.2) is 35.7 Å². The molecule has 2 aliphatic rings. The number of likely N-dealkylation sites (tertiary alicyclic amines) is 1. The van der Waals surface area contributed by atoms with Gasteiger partial charge in [-0.25, -0.2) is 0 Å². The molecule has 1 heterocycles. The van der Waals surface area contributed by atoms with Gasteiger partial charge in [0.05, 0.1) is 11.8 Å². The molecule has 0 unspecified atom stereocenters. The highest BCUT2D eigenvalue weighted by Gasteiger charge is 2.46. The molecular weight excluding hydrogens is 244 g/mol. The summed E-state index contributed by atoms with van der Waals surface area (Å²) < 4.78 is 0. The van der Waals surface area contributed by atoms with Crippen molar-refractivity contribution in [3.05, 3.63) is 24.8 Å². The second-order valence-corrected chi connectivity index (χ2v) is 4.83. The monoisotopic (exact) mass is 262 g/mol. The van der Waals surface area contributed by atoms with Crippen molar-refractivity contribution in [3.63, 3.8) is 0 Å². The number of rotatable bonds is 5. The fourth-order valence-corrected chi connectivity index (χ4v) is 2.58. The van der Waals surface area contributed by atoms with E-state index in [9.17, 15) is 14.4 Å². The summed E-state index contributed by atoms with van der Waals surface area (Å²) in [5, 5.41) is 2.63. The van der Waals surface area contributed by atoms with Crippen LogP contribution in [0.5, 0.6) is 0 Å². The van der Waals surface area contributed by atoms with Gasteiger partial charge in [-0.1, -0.05) is 18.2 Å². The van der Waals surface area contributed by atoms with Crippen LogP contribution in [0.2, 0.25) is 0 Å². The van der Waals surface area contributed by atoms with Crippen molar-refractivity contribution in [3.8, 4) is 0 Å². The summed E-state index contributed by atoms with van der Waals surface area (Å²) in [6.07, 6.45) is 6.91. The second-order valence-electron chi connectivity index (χ2n) is 4.83. The fraction of sp³-hybridized carbons (Fsp3) is 0.500. The Kier molecular flexibility index (Phi) is 4.14. The lowest BCUT2D eigenvalue weighted by Crippen LogP contribution is -2.35. The van der Waals surface area contributed by atoms with E-state index < -0.39 is 0 Å². The zero-order chi connectivity index (χ0) is 13.8. The number of hydrogen-bond acceptors (Lipinski definition) is 3. The first-order chi connectivity index (χ1) is 9.15. The van der Waals surface area contributed by atoms with Gasteiger partial charge in [0, 0.05) is 19.5 Å². The Morgan fingerprint density at radius 1 is 1.32 bits per heavy atom. The first-order valence-electron chi connectivity index (χ1n) is 6.53. The van der Waals surface area contributed by atoms with Gasteiger partial charge in [0.1, 0.15) is 0 Å². The van der Waals surface area contributed by atoms with Crippen molar-refractivity contribution in [1.29, 1.82) is 0 Å². The molecule has 0 aromatic rings. The van der Waals surface area contributed by atoms with Gasteiger partial charge in [-0.05, 0) is 12.8 Å². The van der Waals surface area contributed by atoms with Crippen molar-refractivity contribution >= 4 is 17.7 Å². The number of nitrogens with zero attached hydrogens (tertiary/aromatic N) is 1. The van der Waals surface area contributed by atoms with Crippen LogP contribution in [0.4, 0.5) is 0 Å². The maximum absolute atomic E-state index is 12.1. The Morgan fingerprint density at radius 2 is 1.89 bits per heavy atom. The zero-order valence-electron chi connectivity index (χ0n) is 10.8. The fourth-order valence-electron chi connectivity index (χ4n) is 2.58. The van der Waals surface area contributed by atoms with E-state index >= 15 is 0 Å². The molecule has 2 atom stereocenters. The van der Waals surface area contributed by atoms with Gasteiger partial charge in [-0.15, -0.1) is 6.58 Å². The Labute approximate surface area is 112 Å². The number of nitrogens with one attached hydrogen (secondary N) is 1. The standard InChI is InChI=1S/C14H18N2O3/c1-2-8-15-12(17)7-9-16-13(18)10-5-3-4-6-11(10)14(16)19/h2-4,10-11H,1,5-9H2,(H,15,17)/t10-,11-/m0/s1. The van der Waals surface area contributed by atoms with E-state index in [-0.39, 0.29) is 42.5 Å². The van der Waals surface area contributed by atoms with Gasteiger partial charge >= 0.3 is 0 Å². The minimum absolute atomic E-state index is 0.129. The molecule has 0 radical (unpaired) electrons. The number of fused-ring (bicyclic) bond motifs is 1. The molecule has 1 aliphatic carbocycles. The van der Waals surface area contributed by atoms with Gasteiger partial charge in [0.15, 0.2) is 0 Å². The molecule has 5 nitrogen and oxygen atoms in total. The van der Waals surface area contributed by atoms with Crippen LogP contribution in [0, 0.1) is 11.8 Å². The topological polar surface area (TPSA) is 66.5 Å². The van der Waals surface area contributed by atoms with E-state index in [0.29, 0.717) is 19.4 Å². The molecule has 102 valence electrons. The van der Waals surface area contributed by atoms with Crippen molar-refractivity contribution < 1.29 is 14.4 Å². The Hall–Kier alpha value is -1.91. The molecule has 0 bridgehead atoms. The van der Waals surface area contributed by atoms with E-state index in [2.05, 4.69) is 11.9 Å². The van der Waals surface area contributed by atoms with Crippen LogP contribution in [-0.2, 0) is 14.4 Å². The summed E-state index contributed by atoms with van der Waals surface area (Å²) in [4.78, 5) is 36.9. The SMILES string of the molecule is C=CCNC(=O)CCN1C(=O)[C@H]2CC=CC[C@@H]2C1=O. The highest BCUT2D eigenvalue weighted by atomic mass is 16.2. The lowest BCUT2D eigenvalue weighted by Gasteiger charge is -2.14. The van der Waals surface area contributed by atoms with Crippen LogP contribution >= 0.6 is 0 Å². The first kappa shape index (κ1) is 13.5. The maximum Gasteiger partial charge on any atom is 0.233 e. The highest BCUT2D eigenvalue weighted by molar-refractivity contribution is 6.05. The molecule has 0 aromatic heterocycles. The minimum atomic E-state index is -0.214. The average Bonchev–Trinajstić information content (AvgIpc) is 2.67. The lowest BCUT2D eigenvalue weighted by molar-refractivity contribution is -0.140. The normalized spacial score (nSPS) is 25.4. The van der Waals surface area contributed by atoms with E-state index in [4.69, 9.17) is 0 Å². The summed E-state index contributed by atoms with van der Waals surface area (Å²) in [5.74, 6) is -0.859. The van der Waals surface area contributed by atoms with Crippen LogP contribution < -0.4 is 5.32 Å². The average molecular weight is 262 g/mol. The zero-order valence-corrected chi connectivity index (χ0v) is 10.8. The van der Waals surface area contributed by atoms with E-state index in [1.165, 1.54) is 4.90 Å². The molecule has 3 amide bonds. The van der Waals surface area contributed by atoms with Crippen LogP contribution in [0.25, 0.3) is 0 Å². The van der Waals surface area contributed by atoms with Gasteiger partial charge < -0.3 is 5.32 Å². The summed E-state index contributed by atoms with van der Waals surface area (Å²) in [6.45, 7) is 4.08. The predicted molar refractivity (Wildman–Crippen MR) is 69.9 cm³/mol. The molecule has 1 saturated heterocycles. The van der Waals surface area contributed by atoms with Crippen molar-refractivity contribution in [2.24, 2.45) is 11.8 Å². The molecular formula is C14H18N2O3. The van der Waals surface area contributed by atoms with Crippen LogP contribution in [0.1, 0.15) is 19.3 Å². The molecule has 1 fully saturated rings. The van der Waals surface area contributed by atoms with Crippen LogP contribution in [0.15, 0.2) is 24.8 Å².